The van der Waals surface area contributed by atoms with Gasteiger partial charge in [0.25, 0.3) is 0 Å². The van der Waals surface area contributed by atoms with Crippen LogP contribution in [-0.2, 0) is 9.47 Å². The van der Waals surface area contributed by atoms with Gasteiger partial charge in [-0.3, -0.25) is 0 Å². The lowest BCUT2D eigenvalue weighted by atomic mass is 10.2. The summed E-state index contributed by atoms with van der Waals surface area (Å²) >= 11 is 0. The van der Waals surface area contributed by atoms with Gasteiger partial charge in [0.05, 0.1) is 19.3 Å². The lowest BCUT2D eigenvalue weighted by Gasteiger charge is -2.18. The van der Waals surface area contributed by atoms with Crippen LogP contribution in [0.3, 0.4) is 0 Å². The molecule has 0 aromatic carbocycles. The van der Waals surface area contributed by atoms with Crippen LogP contribution in [0.4, 0.5) is 0 Å². The maximum absolute atomic E-state index is 5.82. The predicted molar refractivity (Wildman–Crippen MR) is 73.5 cm³/mol. The van der Waals surface area contributed by atoms with E-state index in [0.29, 0.717) is 18.6 Å². The molecule has 3 heteroatoms. The zero-order valence-electron chi connectivity index (χ0n) is 12.1. The van der Waals surface area contributed by atoms with Crippen LogP contribution in [0.15, 0.2) is 0 Å². The maximum atomic E-state index is 5.82. The summed E-state index contributed by atoms with van der Waals surface area (Å²) in [6, 6.07) is 0. The van der Waals surface area contributed by atoms with Crippen molar-refractivity contribution in [3.63, 3.8) is 0 Å². The Kier molecular flexibility index (Phi) is 12.3. The molecule has 0 radical (unpaired) electrons. The Morgan fingerprint density at radius 3 is 2.29 bits per heavy atom. The molecular formula is C14H31NO2. The second kappa shape index (κ2) is 12.3. The van der Waals surface area contributed by atoms with Crippen molar-refractivity contribution in [3.05, 3.63) is 0 Å². The Hall–Kier alpha value is -0.120. The van der Waals surface area contributed by atoms with Crippen molar-refractivity contribution in [3.8, 4) is 0 Å². The Labute approximate surface area is 107 Å². The van der Waals surface area contributed by atoms with Crippen molar-refractivity contribution < 1.29 is 9.47 Å². The molecule has 1 atom stereocenters. The number of hydrogen-bond acceptors (Lipinski definition) is 3. The van der Waals surface area contributed by atoms with E-state index in [0.717, 1.165) is 39.1 Å². The molecule has 0 rings (SSSR count). The highest BCUT2D eigenvalue weighted by Gasteiger charge is 2.07. The van der Waals surface area contributed by atoms with E-state index in [1.807, 2.05) is 0 Å². The summed E-state index contributed by atoms with van der Waals surface area (Å²) in [4.78, 5) is 0. The lowest BCUT2D eigenvalue weighted by Crippen LogP contribution is -2.32. The molecule has 0 amide bonds. The van der Waals surface area contributed by atoms with Gasteiger partial charge in [-0.2, -0.15) is 0 Å². The van der Waals surface area contributed by atoms with Crippen LogP contribution in [-0.4, -0.2) is 39.0 Å². The molecule has 0 aliphatic carbocycles. The van der Waals surface area contributed by atoms with Gasteiger partial charge in [0, 0.05) is 13.2 Å². The normalized spacial score (nSPS) is 13.2. The Bertz CT molecular complexity index is 151. The van der Waals surface area contributed by atoms with E-state index >= 15 is 0 Å². The summed E-state index contributed by atoms with van der Waals surface area (Å²) in [5.74, 6) is 0.699. The minimum Gasteiger partial charge on any atom is -0.379 e. The van der Waals surface area contributed by atoms with Gasteiger partial charge in [0.2, 0.25) is 0 Å². The average Bonchev–Trinajstić information content (AvgIpc) is 2.28. The minimum atomic E-state index is 0.337. The third kappa shape index (κ3) is 12.1. The average molecular weight is 245 g/mol. The van der Waals surface area contributed by atoms with Crippen molar-refractivity contribution in [2.24, 2.45) is 5.92 Å². The smallest absolute Gasteiger partial charge is 0.0704 e. The van der Waals surface area contributed by atoms with Crippen molar-refractivity contribution in [1.82, 2.24) is 5.32 Å². The second-order valence-electron chi connectivity index (χ2n) is 4.95. The molecule has 0 saturated heterocycles. The van der Waals surface area contributed by atoms with Gasteiger partial charge in [-0.15, -0.1) is 0 Å². The molecule has 3 nitrogen and oxygen atoms in total. The Morgan fingerprint density at radius 1 is 0.941 bits per heavy atom. The van der Waals surface area contributed by atoms with Crippen LogP contribution in [0, 0.1) is 5.92 Å². The van der Waals surface area contributed by atoms with E-state index < -0.39 is 0 Å². The van der Waals surface area contributed by atoms with E-state index in [1.54, 1.807) is 0 Å². The first-order valence-electron chi connectivity index (χ1n) is 7.10. The molecule has 0 fully saturated rings. The molecule has 0 heterocycles. The molecule has 1 N–H and O–H groups in total. The van der Waals surface area contributed by atoms with Crippen molar-refractivity contribution in [2.75, 3.05) is 32.9 Å². The highest BCUT2D eigenvalue weighted by molar-refractivity contribution is 4.62. The first kappa shape index (κ1) is 16.9. The Morgan fingerprint density at radius 2 is 1.71 bits per heavy atom. The van der Waals surface area contributed by atoms with E-state index in [2.05, 4.69) is 33.0 Å². The maximum Gasteiger partial charge on any atom is 0.0704 e. The number of rotatable bonds is 12. The summed E-state index contributed by atoms with van der Waals surface area (Å²) in [5.41, 5.74) is 0. The number of hydrogen-bond donors (Lipinski definition) is 1. The molecular weight excluding hydrogens is 214 g/mol. The first-order chi connectivity index (χ1) is 8.20. The summed E-state index contributed by atoms with van der Waals surface area (Å²) < 4.78 is 11.2. The third-order valence-corrected chi connectivity index (χ3v) is 2.46. The van der Waals surface area contributed by atoms with Gasteiger partial charge in [-0.1, -0.05) is 34.1 Å². The zero-order valence-corrected chi connectivity index (χ0v) is 12.1. The van der Waals surface area contributed by atoms with Crippen LogP contribution in [0.2, 0.25) is 0 Å². The van der Waals surface area contributed by atoms with Gasteiger partial charge < -0.3 is 14.8 Å². The van der Waals surface area contributed by atoms with Crippen LogP contribution in [0.1, 0.15) is 47.0 Å². The summed E-state index contributed by atoms with van der Waals surface area (Å²) in [6.07, 6.45) is 3.71. The van der Waals surface area contributed by atoms with E-state index in [4.69, 9.17) is 9.47 Å². The van der Waals surface area contributed by atoms with Gasteiger partial charge in [0.15, 0.2) is 0 Å². The van der Waals surface area contributed by atoms with Crippen molar-refractivity contribution in [1.29, 1.82) is 0 Å². The molecule has 0 bridgehead atoms. The van der Waals surface area contributed by atoms with Crippen LogP contribution >= 0.6 is 0 Å². The molecule has 0 saturated carbocycles. The third-order valence-electron chi connectivity index (χ3n) is 2.46. The molecule has 17 heavy (non-hydrogen) atoms. The summed E-state index contributed by atoms with van der Waals surface area (Å²) in [5, 5.41) is 3.46. The number of nitrogens with one attached hydrogen (secondary N) is 1. The fraction of sp³-hybridized carbons (Fsp3) is 1.00. The van der Waals surface area contributed by atoms with Crippen LogP contribution < -0.4 is 5.32 Å². The lowest BCUT2D eigenvalue weighted by molar-refractivity contribution is 0.00160. The van der Waals surface area contributed by atoms with E-state index in [-0.39, 0.29) is 0 Å². The topological polar surface area (TPSA) is 30.5 Å². The fourth-order valence-corrected chi connectivity index (χ4v) is 1.62. The molecule has 0 aliphatic rings. The summed E-state index contributed by atoms with van der Waals surface area (Å²) in [7, 11) is 0. The van der Waals surface area contributed by atoms with Gasteiger partial charge in [0.1, 0.15) is 0 Å². The van der Waals surface area contributed by atoms with Gasteiger partial charge in [-0.25, -0.2) is 0 Å². The predicted octanol–water partition coefficient (Wildman–Crippen LogP) is 2.84. The van der Waals surface area contributed by atoms with Gasteiger partial charge >= 0.3 is 0 Å². The highest BCUT2D eigenvalue weighted by atomic mass is 16.5. The molecule has 1 unspecified atom stereocenters. The molecule has 0 aromatic rings. The van der Waals surface area contributed by atoms with Crippen molar-refractivity contribution >= 4 is 0 Å². The monoisotopic (exact) mass is 245 g/mol. The molecule has 0 aliphatic heterocycles. The fourth-order valence-electron chi connectivity index (χ4n) is 1.62. The second-order valence-corrected chi connectivity index (χ2v) is 4.95. The minimum absolute atomic E-state index is 0.337. The quantitative estimate of drug-likeness (QED) is 0.536. The van der Waals surface area contributed by atoms with E-state index in [9.17, 15) is 0 Å². The van der Waals surface area contributed by atoms with E-state index in [1.165, 1.54) is 6.42 Å². The highest BCUT2D eigenvalue weighted by Crippen LogP contribution is 2.01. The van der Waals surface area contributed by atoms with Gasteiger partial charge in [-0.05, 0) is 25.3 Å². The SMILES string of the molecule is CCCOCCOC(CCC)CNCC(C)C. The zero-order chi connectivity index (χ0) is 12.9. The first-order valence-corrected chi connectivity index (χ1v) is 7.10. The number of ether oxygens (including phenoxy) is 2. The van der Waals surface area contributed by atoms with Crippen molar-refractivity contribution in [2.45, 2.75) is 53.1 Å². The standard InChI is InChI=1S/C14H31NO2/c1-5-7-14(12-15-11-13(3)4)17-10-9-16-8-6-2/h13-15H,5-12H2,1-4H3. The summed E-state index contributed by atoms with van der Waals surface area (Å²) in [6.45, 7) is 13.1. The molecule has 0 spiro atoms. The Balaban J connectivity index is 3.52. The van der Waals surface area contributed by atoms with Crippen LogP contribution in [0.25, 0.3) is 0 Å². The molecule has 0 aromatic heterocycles. The largest absolute Gasteiger partial charge is 0.379 e. The van der Waals surface area contributed by atoms with Crippen LogP contribution in [0.5, 0.6) is 0 Å². The molecule has 104 valence electrons.